The standard InChI is InChI=1S/C15H16F2N2O2S/c16-10-7-11(17)9-12(8-10)19-2-1-13(15(19)21)14(20)18-3-5-22-6-4-18/h7-9,13H,1-6H2/t13-/m1/s1. The van der Waals surface area contributed by atoms with Crippen molar-refractivity contribution in [3.63, 3.8) is 0 Å². The summed E-state index contributed by atoms with van der Waals surface area (Å²) in [4.78, 5) is 27.9. The molecule has 2 aliphatic heterocycles. The molecule has 2 heterocycles. The third-order valence-electron chi connectivity index (χ3n) is 3.99. The van der Waals surface area contributed by atoms with Crippen LogP contribution in [0.4, 0.5) is 14.5 Å². The number of carbonyl (C=O) groups is 2. The molecule has 1 aromatic carbocycles. The molecule has 0 aromatic heterocycles. The zero-order chi connectivity index (χ0) is 15.7. The van der Waals surface area contributed by atoms with Gasteiger partial charge in [0.2, 0.25) is 11.8 Å². The quantitative estimate of drug-likeness (QED) is 0.780. The van der Waals surface area contributed by atoms with Crippen LogP contribution in [0.1, 0.15) is 6.42 Å². The van der Waals surface area contributed by atoms with Gasteiger partial charge in [-0.3, -0.25) is 9.59 Å². The van der Waals surface area contributed by atoms with E-state index in [2.05, 4.69) is 0 Å². The zero-order valence-corrected chi connectivity index (χ0v) is 12.7. The smallest absolute Gasteiger partial charge is 0.239 e. The van der Waals surface area contributed by atoms with E-state index in [4.69, 9.17) is 0 Å². The molecule has 118 valence electrons. The van der Waals surface area contributed by atoms with Crippen LogP contribution in [0.15, 0.2) is 18.2 Å². The average Bonchev–Trinajstić information content (AvgIpc) is 2.88. The first kappa shape index (κ1) is 15.3. The molecule has 4 nitrogen and oxygen atoms in total. The molecule has 22 heavy (non-hydrogen) atoms. The molecule has 3 rings (SSSR count). The predicted octanol–water partition coefficient (Wildman–Crippen LogP) is 1.89. The Hall–Kier alpha value is -1.63. The summed E-state index contributed by atoms with van der Waals surface area (Å²) in [5.74, 6) is -0.958. The first-order valence-electron chi connectivity index (χ1n) is 7.20. The van der Waals surface area contributed by atoms with Gasteiger partial charge in [0.05, 0.1) is 0 Å². The lowest BCUT2D eigenvalue weighted by Gasteiger charge is -2.28. The number of rotatable bonds is 2. The van der Waals surface area contributed by atoms with Gasteiger partial charge in [-0.05, 0) is 18.6 Å². The Kier molecular flexibility index (Phi) is 4.33. The van der Waals surface area contributed by atoms with Gasteiger partial charge < -0.3 is 9.80 Å². The summed E-state index contributed by atoms with van der Waals surface area (Å²) in [7, 11) is 0. The largest absolute Gasteiger partial charge is 0.340 e. The second kappa shape index (κ2) is 6.24. The van der Waals surface area contributed by atoms with E-state index in [1.54, 1.807) is 16.7 Å². The minimum absolute atomic E-state index is 0.162. The molecule has 0 unspecified atom stereocenters. The third-order valence-corrected chi connectivity index (χ3v) is 4.93. The van der Waals surface area contributed by atoms with Crippen molar-refractivity contribution in [3.05, 3.63) is 29.8 Å². The summed E-state index contributed by atoms with van der Waals surface area (Å²) in [5, 5.41) is 0. The molecule has 0 spiro atoms. The summed E-state index contributed by atoms with van der Waals surface area (Å²) in [6.07, 6.45) is 0.388. The van der Waals surface area contributed by atoms with Gasteiger partial charge in [-0.15, -0.1) is 0 Å². The van der Waals surface area contributed by atoms with Crippen molar-refractivity contribution in [1.29, 1.82) is 0 Å². The van der Waals surface area contributed by atoms with Crippen LogP contribution >= 0.6 is 11.8 Å². The van der Waals surface area contributed by atoms with Crippen molar-refractivity contribution in [1.82, 2.24) is 4.90 Å². The molecule has 2 fully saturated rings. The van der Waals surface area contributed by atoms with Crippen LogP contribution in [0, 0.1) is 17.6 Å². The lowest BCUT2D eigenvalue weighted by atomic mass is 10.1. The molecule has 7 heteroatoms. The van der Waals surface area contributed by atoms with E-state index < -0.39 is 17.6 Å². The van der Waals surface area contributed by atoms with E-state index in [0.717, 1.165) is 29.7 Å². The lowest BCUT2D eigenvalue weighted by molar-refractivity contribution is -0.139. The Morgan fingerprint density at radius 2 is 1.73 bits per heavy atom. The highest BCUT2D eigenvalue weighted by molar-refractivity contribution is 7.99. The monoisotopic (exact) mass is 326 g/mol. The van der Waals surface area contributed by atoms with E-state index >= 15 is 0 Å². The highest BCUT2D eigenvalue weighted by atomic mass is 32.2. The predicted molar refractivity (Wildman–Crippen MR) is 80.7 cm³/mol. The lowest BCUT2D eigenvalue weighted by Crippen LogP contribution is -2.44. The molecule has 0 radical (unpaired) electrons. The molecular weight excluding hydrogens is 310 g/mol. The maximum Gasteiger partial charge on any atom is 0.239 e. The van der Waals surface area contributed by atoms with Crippen LogP contribution in [0.2, 0.25) is 0 Å². The minimum atomic E-state index is -0.731. The van der Waals surface area contributed by atoms with Crippen LogP contribution in [-0.2, 0) is 9.59 Å². The number of halogens is 2. The Bertz CT molecular complexity index is 585. The number of nitrogens with zero attached hydrogens (tertiary/aromatic N) is 2. The van der Waals surface area contributed by atoms with Crippen LogP contribution in [0.5, 0.6) is 0 Å². The summed E-state index contributed by atoms with van der Waals surface area (Å²) in [6, 6.07) is 2.99. The van der Waals surface area contributed by atoms with Crippen molar-refractivity contribution < 1.29 is 18.4 Å². The van der Waals surface area contributed by atoms with Crippen molar-refractivity contribution >= 4 is 29.3 Å². The topological polar surface area (TPSA) is 40.6 Å². The molecule has 0 saturated carbocycles. The first-order chi connectivity index (χ1) is 10.6. The maximum absolute atomic E-state index is 13.3. The van der Waals surface area contributed by atoms with Gasteiger partial charge in [0.1, 0.15) is 17.6 Å². The maximum atomic E-state index is 13.3. The summed E-state index contributed by atoms with van der Waals surface area (Å²) < 4.78 is 26.6. The van der Waals surface area contributed by atoms with Gasteiger partial charge >= 0.3 is 0 Å². The molecule has 1 atom stereocenters. The molecular formula is C15H16F2N2O2S. The zero-order valence-electron chi connectivity index (χ0n) is 11.9. The third kappa shape index (κ3) is 2.95. The van der Waals surface area contributed by atoms with Gasteiger partial charge in [0.15, 0.2) is 0 Å². The molecule has 1 aromatic rings. The molecule has 0 aliphatic carbocycles. The van der Waals surface area contributed by atoms with Gasteiger partial charge in [-0.1, -0.05) is 0 Å². The fourth-order valence-corrected chi connectivity index (χ4v) is 3.77. The van der Waals surface area contributed by atoms with E-state index in [1.165, 1.54) is 4.90 Å². The first-order valence-corrected chi connectivity index (χ1v) is 8.36. The van der Waals surface area contributed by atoms with Gasteiger partial charge in [-0.25, -0.2) is 8.78 Å². The average molecular weight is 326 g/mol. The van der Waals surface area contributed by atoms with Crippen LogP contribution in [0.25, 0.3) is 0 Å². The van der Waals surface area contributed by atoms with Gasteiger partial charge in [-0.2, -0.15) is 11.8 Å². The summed E-state index contributed by atoms with van der Waals surface area (Å²) >= 11 is 1.79. The number of hydrogen-bond acceptors (Lipinski definition) is 3. The van der Waals surface area contributed by atoms with Gasteiger partial charge in [0.25, 0.3) is 0 Å². The Labute approximate surface area is 131 Å². The van der Waals surface area contributed by atoms with Crippen LogP contribution in [-0.4, -0.2) is 47.9 Å². The molecule has 0 N–H and O–H groups in total. The second-order valence-electron chi connectivity index (χ2n) is 5.40. The van der Waals surface area contributed by atoms with E-state index in [0.29, 0.717) is 26.1 Å². The van der Waals surface area contributed by atoms with Crippen LogP contribution in [0.3, 0.4) is 0 Å². The minimum Gasteiger partial charge on any atom is -0.340 e. The van der Waals surface area contributed by atoms with Crippen molar-refractivity contribution in [2.45, 2.75) is 6.42 Å². The van der Waals surface area contributed by atoms with Crippen molar-refractivity contribution in [2.24, 2.45) is 5.92 Å². The number of thioether (sulfide) groups is 1. The number of benzene rings is 1. The Morgan fingerprint density at radius 1 is 1.09 bits per heavy atom. The summed E-state index contributed by atoms with van der Waals surface area (Å²) in [5.41, 5.74) is 0.173. The normalized spacial score (nSPS) is 22.3. The fourth-order valence-electron chi connectivity index (χ4n) is 2.86. The van der Waals surface area contributed by atoms with Crippen molar-refractivity contribution in [2.75, 3.05) is 36.0 Å². The highest BCUT2D eigenvalue weighted by Gasteiger charge is 2.40. The number of anilines is 1. The van der Waals surface area contributed by atoms with E-state index in [9.17, 15) is 18.4 Å². The molecule has 0 bridgehead atoms. The molecule has 2 amide bonds. The SMILES string of the molecule is O=C([C@H]1CCN(c2cc(F)cc(F)c2)C1=O)N1CCSCC1. The number of carbonyl (C=O) groups excluding carboxylic acids is 2. The van der Waals surface area contributed by atoms with Gasteiger partial charge in [0, 0.05) is 42.9 Å². The van der Waals surface area contributed by atoms with Crippen molar-refractivity contribution in [3.8, 4) is 0 Å². The molecule has 2 aliphatic rings. The number of amides is 2. The Morgan fingerprint density at radius 3 is 2.36 bits per heavy atom. The second-order valence-corrected chi connectivity index (χ2v) is 6.62. The summed E-state index contributed by atoms with van der Waals surface area (Å²) in [6.45, 7) is 1.62. The van der Waals surface area contributed by atoms with E-state index in [-0.39, 0.29) is 17.5 Å². The molecule has 2 saturated heterocycles. The number of hydrogen-bond donors (Lipinski definition) is 0. The fraction of sp³-hybridized carbons (Fsp3) is 0.467. The van der Waals surface area contributed by atoms with Crippen LogP contribution < -0.4 is 4.90 Å². The highest BCUT2D eigenvalue weighted by Crippen LogP contribution is 2.28. The Balaban J connectivity index is 1.75. The van der Waals surface area contributed by atoms with E-state index in [1.807, 2.05) is 0 Å².